The van der Waals surface area contributed by atoms with E-state index in [9.17, 15) is 9.59 Å². The van der Waals surface area contributed by atoms with Crippen molar-refractivity contribution in [1.82, 2.24) is 10.2 Å². The average Bonchev–Trinajstić information content (AvgIpc) is 2.27. The summed E-state index contributed by atoms with van der Waals surface area (Å²) in [7, 11) is 0. The van der Waals surface area contributed by atoms with Crippen LogP contribution in [0.25, 0.3) is 0 Å². The molecule has 0 aliphatic carbocycles. The summed E-state index contributed by atoms with van der Waals surface area (Å²) in [5, 5.41) is 2.52. The highest BCUT2D eigenvalue weighted by atomic mass is 16.2. The van der Waals surface area contributed by atoms with Crippen LogP contribution in [0.2, 0.25) is 0 Å². The number of carbonyl (C=O) groups is 2. The zero-order valence-corrected chi connectivity index (χ0v) is 7.70. The number of rotatable bonds is 2. The molecule has 1 aliphatic heterocycles. The zero-order valence-electron chi connectivity index (χ0n) is 7.70. The molecule has 1 fully saturated rings. The quantitative estimate of drug-likeness (QED) is 0.492. The van der Waals surface area contributed by atoms with E-state index in [1.807, 2.05) is 0 Å². The minimum atomic E-state index is -0.423. The molecule has 0 aromatic rings. The molecule has 1 rings (SSSR count). The number of imide groups is 1. The molecule has 2 unspecified atom stereocenters. The molecular weight excluding hydrogens is 168 g/mol. The Hall–Kier alpha value is -1.50. The van der Waals surface area contributed by atoms with Crippen molar-refractivity contribution >= 4 is 11.9 Å². The van der Waals surface area contributed by atoms with Crippen LogP contribution in [0.15, 0.2) is 0 Å². The van der Waals surface area contributed by atoms with E-state index in [2.05, 4.69) is 11.2 Å². The molecule has 4 heteroatoms. The van der Waals surface area contributed by atoms with E-state index in [0.717, 1.165) is 0 Å². The van der Waals surface area contributed by atoms with Gasteiger partial charge in [-0.1, -0.05) is 0 Å². The fourth-order valence-electron chi connectivity index (χ4n) is 1.30. The summed E-state index contributed by atoms with van der Waals surface area (Å²) >= 11 is 0. The maximum absolute atomic E-state index is 11.4. The van der Waals surface area contributed by atoms with Crippen molar-refractivity contribution in [3.8, 4) is 12.3 Å². The lowest BCUT2D eigenvalue weighted by molar-refractivity contribution is -0.128. The Bertz CT molecular complexity index is 280. The third kappa shape index (κ3) is 1.64. The molecule has 1 saturated heterocycles. The zero-order chi connectivity index (χ0) is 10.0. The van der Waals surface area contributed by atoms with Crippen LogP contribution >= 0.6 is 0 Å². The van der Waals surface area contributed by atoms with Gasteiger partial charge in [0.15, 0.2) is 0 Å². The van der Waals surface area contributed by atoms with Crippen molar-refractivity contribution in [2.45, 2.75) is 32.4 Å². The maximum Gasteiger partial charge on any atom is 0.325 e. The number of nitrogens with zero attached hydrogens (tertiary/aromatic N) is 1. The summed E-state index contributed by atoms with van der Waals surface area (Å²) in [4.78, 5) is 23.8. The summed E-state index contributed by atoms with van der Waals surface area (Å²) < 4.78 is 0. The highest BCUT2D eigenvalue weighted by Gasteiger charge is 2.37. The lowest BCUT2D eigenvalue weighted by Crippen LogP contribution is -2.38. The molecule has 0 radical (unpaired) electrons. The number of amides is 3. The predicted octanol–water partition coefficient (Wildman–Crippen LogP) is 0.339. The minimum Gasteiger partial charge on any atom is -0.326 e. The van der Waals surface area contributed by atoms with E-state index in [-0.39, 0.29) is 18.0 Å². The SMILES string of the molecule is C#CCC(C)N1C(=O)NC(C)C1=O. The Kier molecular flexibility index (Phi) is 2.57. The molecule has 70 valence electrons. The van der Waals surface area contributed by atoms with E-state index in [1.54, 1.807) is 13.8 Å². The molecule has 1 heterocycles. The van der Waals surface area contributed by atoms with Crippen LogP contribution in [-0.4, -0.2) is 28.9 Å². The highest BCUT2D eigenvalue weighted by Crippen LogP contribution is 2.12. The van der Waals surface area contributed by atoms with Gasteiger partial charge in [-0.3, -0.25) is 9.69 Å². The molecule has 2 atom stereocenters. The van der Waals surface area contributed by atoms with E-state index in [1.165, 1.54) is 4.90 Å². The third-order valence-electron chi connectivity index (χ3n) is 2.02. The van der Waals surface area contributed by atoms with Crippen LogP contribution < -0.4 is 5.32 Å². The number of urea groups is 1. The van der Waals surface area contributed by atoms with Crippen LogP contribution in [0, 0.1) is 12.3 Å². The van der Waals surface area contributed by atoms with Crippen LogP contribution in [0.1, 0.15) is 20.3 Å². The number of hydrogen-bond donors (Lipinski definition) is 1. The van der Waals surface area contributed by atoms with E-state index < -0.39 is 6.04 Å². The molecule has 1 N–H and O–H groups in total. The third-order valence-corrected chi connectivity index (χ3v) is 2.02. The monoisotopic (exact) mass is 180 g/mol. The van der Waals surface area contributed by atoms with Crippen LogP contribution in [0.5, 0.6) is 0 Å². The van der Waals surface area contributed by atoms with Crippen molar-refractivity contribution in [2.75, 3.05) is 0 Å². The van der Waals surface area contributed by atoms with Gasteiger partial charge >= 0.3 is 6.03 Å². The normalized spacial score (nSPS) is 24.1. The molecule has 1 aliphatic rings. The first kappa shape index (κ1) is 9.59. The molecule has 0 bridgehead atoms. The van der Waals surface area contributed by atoms with E-state index >= 15 is 0 Å². The Morgan fingerprint density at radius 3 is 2.69 bits per heavy atom. The van der Waals surface area contributed by atoms with Gasteiger partial charge in [-0.05, 0) is 13.8 Å². The summed E-state index contributed by atoms with van der Waals surface area (Å²) in [5.41, 5.74) is 0. The van der Waals surface area contributed by atoms with Crippen molar-refractivity contribution < 1.29 is 9.59 Å². The Morgan fingerprint density at radius 1 is 1.69 bits per heavy atom. The number of hydrogen-bond acceptors (Lipinski definition) is 2. The maximum atomic E-state index is 11.4. The van der Waals surface area contributed by atoms with Gasteiger partial charge in [-0.2, -0.15) is 0 Å². The Labute approximate surface area is 77.3 Å². The molecule has 13 heavy (non-hydrogen) atoms. The predicted molar refractivity (Wildman–Crippen MR) is 47.8 cm³/mol. The van der Waals surface area contributed by atoms with Gasteiger partial charge in [0.05, 0.1) is 0 Å². The molecule has 0 saturated carbocycles. The first-order chi connectivity index (χ1) is 6.07. The first-order valence-electron chi connectivity index (χ1n) is 4.15. The van der Waals surface area contributed by atoms with Gasteiger partial charge in [0.25, 0.3) is 5.91 Å². The van der Waals surface area contributed by atoms with Gasteiger partial charge in [0.2, 0.25) is 0 Å². The lowest BCUT2D eigenvalue weighted by atomic mass is 10.2. The fraction of sp³-hybridized carbons (Fsp3) is 0.556. The minimum absolute atomic E-state index is 0.201. The standard InChI is InChI=1S/C9H12N2O2/c1-4-5-6(2)11-8(12)7(3)10-9(11)13/h1,6-7H,5H2,2-3H3,(H,10,13). The van der Waals surface area contributed by atoms with E-state index in [0.29, 0.717) is 6.42 Å². The lowest BCUT2D eigenvalue weighted by Gasteiger charge is -2.18. The summed E-state index contributed by atoms with van der Waals surface area (Å²) in [5.74, 6) is 2.23. The average molecular weight is 180 g/mol. The van der Waals surface area contributed by atoms with E-state index in [4.69, 9.17) is 6.42 Å². The van der Waals surface area contributed by atoms with Crippen LogP contribution in [0.4, 0.5) is 4.79 Å². The highest BCUT2D eigenvalue weighted by molar-refractivity contribution is 6.04. The van der Waals surface area contributed by atoms with Crippen molar-refractivity contribution in [1.29, 1.82) is 0 Å². The summed E-state index contributed by atoms with van der Waals surface area (Å²) in [6.07, 6.45) is 5.50. The first-order valence-corrected chi connectivity index (χ1v) is 4.15. The van der Waals surface area contributed by atoms with Crippen LogP contribution in [-0.2, 0) is 4.79 Å². The second kappa shape index (κ2) is 3.48. The largest absolute Gasteiger partial charge is 0.326 e. The van der Waals surface area contributed by atoms with Crippen molar-refractivity contribution in [3.63, 3.8) is 0 Å². The van der Waals surface area contributed by atoms with Gasteiger partial charge < -0.3 is 5.32 Å². The topological polar surface area (TPSA) is 49.4 Å². The number of terminal acetylenes is 1. The molecule has 0 spiro atoms. The number of carbonyl (C=O) groups excluding carboxylic acids is 2. The molecule has 4 nitrogen and oxygen atoms in total. The van der Waals surface area contributed by atoms with Crippen molar-refractivity contribution in [3.05, 3.63) is 0 Å². The molecule has 0 aromatic heterocycles. The fourth-order valence-corrected chi connectivity index (χ4v) is 1.30. The Balaban J connectivity index is 2.75. The number of nitrogens with one attached hydrogen (secondary N) is 1. The second-order valence-electron chi connectivity index (χ2n) is 3.14. The summed E-state index contributed by atoms with van der Waals surface area (Å²) in [6, 6.07) is -0.990. The Morgan fingerprint density at radius 2 is 2.31 bits per heavy atom. The smallest absolute Gasteiger partial charge is 0.325 e. The second-order valence-corrected chi connectivity index (χ2v) is 3.14. The van der Waals surface area contributed by atoms with Gasteiger partial charge in [0.1, 0.15) is 6.04 Å². The molecule has 3 amide bonds. The molecular formula is C9H12N2O2. The molecule has 0 aromatic carbocycles. The summed E-state index contributed by atoms with van der Waals surface area (Å²) in [6.45, 7) is 3.41. The van der Waals surface area contributed by atoms with Crippen LogP contribution in [0.3, 0.4) is 0 Å². The van der Waals surface area contributed by atoms with Crippen molar-refractivity contribution in [2.24, 2.45) is 0 Å². The van der Waals surface area contributed by atoms with Gasteiger partial charge in [-0.15, -0.1) is 12.3 Å². The van der Waals surface area contributed by atoms with Gasteiger partial charge in [-0.25, -0.2) is 4.79 Å². The van der Waals surface area contributed by atoms with Gasteiger partial charge in [0, 0.05) is 12.5 Å².